The van der Waals surface area contributed by atoms with Crippen LogP contribution in [0.2, 0.25) is 0 Å². The molecule has 0 unspecified atom stereocenters. The molecule has 2 aromatic rings. The molecule has 7 nitrogen and oxygen atoms in total. The summed E-state index contributed by atoms with van der Waals surface area (Å²) in [6.07, 6.45) is 5.90. The SMILES string of the molecule is CNc1cc([C@H]2CC(=O)N(Cc3ccccc3)C2)nc(CN(C)C(=O)C2CCCCC2)n1. The van der Waals surface area contributed by atoms with E-state index >= 15 is 0 Å². The summed E-state index contributed by atoms with van der Waals surface area (Å²) in [4.78, 5) is 38.5. The highest BCUT2D eigenvalue weighted by molar-refractivity contribution is 5.80. The zero-order valence-electron chi connectivity index (χ0n) is 19.1. The van der Waals surface area contributed by atoms with Gasteiger partial charge in [-0.05, 0) is 18.4 Å². The third-order valence-electron chi connectivity index (χ3n) is 6.61. The molecule has 32 heavy (non-hydrogen) atoms. The van der Waals surface area contributed by atoms with E-state index in [0.717, 1.165) is 42.8 Å². The minimum atomic E-state index is 0.0272. The Labute approximate surface area is 190 Å². The molecule has 2 fully saturated rings. The van der Waals surface area contributed by atoms with Crippen molar-refractivity contribution >= 4 is 17.6 Å². The third-order valence-corrected chi connectivity index (χ3v) is 6.61. The van der Waals surface area contributed by atoms with Gasteiger partial charge in [0.1, 0.15) is 11.6 Å². The van der Waals surface area contributed by atoms with Gasteiger partial charge in [-0.25, -0.2) is 9.97 Å². The van der Waals surface area contributed by atoms with Gasteiger partial charge in [0, 0.05) is 51.5 Å². The van der Waals surface area contributed by atoms with Crippen molar-refractivity contribution in [2.75, 3.05) is 26.0 Å². The fraction of sp³-hybridized carbons (Fsp3) is 0.520. The number of aromatic nitrogens is 2. The lowest BCUT2D eigenvalue weighted by atomic mass is 9.88. The zero-order valence-corrected chi connectivity index (χ0v) is 19.1. The molecular formula is C25H33N5O2. The maximum absolute atomic E-state index is 12.9. The molecule has 2 heterocycles. The molecule has 0 bridgehead atoms. The van der Waals surface area contributed by atoms with Crippen LogP contribution in [0.3, 0.4) is 0 Å². The van der Waals surface area contributed by atoms with E-state index in [-0.39, 0.29) is 23.7 Å². The summed E-state index contributed by atoms with van der Waals surface area (Å²) in [5.41, 5.74) is 1.99. The van der Waals surface area contributed by atoms with Crippen LogP contribution >= 0.6 is 0 Å². The maximum Gasteiger partial charge on any atom is 0.225 e. The van der Waals surface area contributed by atoms with Gasteiger partial charge < -0.3 is 15.1 Å². The van der Waals surface area contributed by atoms with E-state index in [4.69, 9.17) is 4.98 Å². The van der Waals surface area contributed by atoms with Crippen molar-refractivity contribution in [1.82, 2.24) is 19.8 Å². The van der Waals surface area contributed by atoms with Crippen molar-refractivity contribution in [3.05, 3.63) is 53.5 Å². The molecule has 2 aliphatic rings. The number of nitrogens with zero attached hydrogens (tertiary/aromatic N) is 4. The quantitative estimate of drug-likeness (QED) is 0.719. The third kappa shape index (κ3) is 5.26. The van der Waals surface area contributed by atoms with Crippen LogP contribution in [0.25, 0.3) is 0 Å². The Morgan fingerprint density at radius 2 is 1.91 bits per heavy atom. The molecule has 1 aliphatic carbocycles. The van der Waals surface area contributed by atoms with Crippen LogP contribution in [0, 0.1) is 5.92 Å². The molecule has 2 amide bonds. The molecule has 7 heteroatoms. The topological polar surface area (TPSA) is 78.4 Å². The lowest BCUT2D eigenvalue weighted by Crippen LogP contribution is -2.34. The van der Waals surface area contributed by atoms with E-state index in [1.165, 1.54) is 6.42 Å². The summed E-state index contributed by atoms with van der Waals surface area (Å²) in [5, 5.41) is 3.11. The van der Waals surface area contributed by atoms with Crippen molar-refractivity contribution in [3.63, 3.8) is 0 Å². The van der Waals surface area contributed by atoms with Crippen LogP contribution < -0.4 is 5.32 Å². The predicted octanol–water partition coefficient (Wildman–Crippen LogP) is 3.57. The highest BCUT2D eigenvalue weighted by atomic mass is 16.2. The summed E-state index contributed by atoms with van der Waals surface area (Å²) in [6.45, 7) is 1.64. The van der Waals surface area contributed by atoms with Gasteiger partial charge >= 0.3 is 0 Å². The average molecular weight is 436 g/mol. The number of anilines is 1. The first-order valence-electron chi connectivity index (χ1n) is 11.7. The standard InChI is InChI=1S/C25H33N5O2/c1-26-22-14-21(20-13-24(31)30(16-20)15-18-9-5-3-6-10-18)27-23(28-22)17-29(2)25(32)19-11-7-4-8-12-19/h3,5-6,9-10,14,19-20H,4,7-8,11-13,15-17H2,1-2H3,(H,26,27,28)/t20-/m0/s1. The number of carbonyl (C=O) groups excluding carboxylic acids is 2. The highest BCUT2D eigenvalue weighted by Crippen LogP contribution is 2.30. The summed E-state index contributed by atoms with van der Waals surface area (Å²) >= 11 is 0. The monoisotopic (exact) mass is 435 g/mol. The van der Waals surface area contributed by atoms with Gasteiger partial charge in [-0.15, -0.1) is 0 Å². The normalized spacial score (nSPS) is 19.2. The van der Waals surface area contributed by atoms with Crippen LogP contribution in [0.4, 0.5) is 5.82 Å². The number of amides is 2. The molecule has 1 aromatic carbocycles. The Morgan fingerprint density at radius 3 is 2.62 bits per heavy atom. The summed E-state index contributed by atoms with van der Waals surface area (Å²) < 4.78 is 0. The number of benzene rings is 1. The molecule has 0 spiro atoms. The molecule has 1 saturated heterocycles. The summed E-state index contributed by atoms with van der Waals surface area (Å²) in [5.74, 6) is 1.83. The number of hydrogen-bond acceptors (Lipinski definition) is 5. The van der Waals surface area contributed by atoms with Crippen LogP contribution in [-0.2, 0) is 22.7 Å². The fourth-order valence-electron chi connectivity index (χ4n) is 4.80. The molecule has 0 radical (unpaired) electrons. The van der Waals surface area contributed by atoms with Gasteiger partial charge in [0.2, 0.25) is 11.8 Å². The Bertz CT molecular complexity index is 943. The molecular weight excluding hydrogens is 402 g/mol. The van der Waals surface area contributed by atoms with Gasteiger partial charge in [0.15, 0.2) is 0 Å². The van der Waals surface area contributed by atoms with Crippen LogP contribution in [0.1, 0.15) is 61.5 Å². The van der Waals surface area contributed by atoms with Crippen LogP contribution in [0.15, 0.2) is 36.4 Å². The Kier molecular flexibility index (Phi) is 7.02. The van der Waals surface area contributed by atoms with Gasteiger partial charge in [-0.3, -0.25) is 9.59 Å². The zero-order chi connectivity index (χ0) is 22.5. The van der Waals surface area contributed by atoms with E-state index < -0.39 is 0 Å². The van der Waals surface area contributed by atoms with Crippen molar-refractivity contribution in [3.8, 4) is 0 Å². The summed E-state index contributed by atoms with van der Waals surface area (Å²) in [6, 6.07) is 12.0. The van der Waals surface area contributed by atoms with Gasteiger partial charge in [-0.2, -0.15) is 0 Å². The Morgan fingerprint density at radius 1 is 1.16 bits per heavy atom. The number of likely N-dealkylation sites (tertiary alicyclic amines) is 1. The lowest BCUT2D eigenvalue weighted by molar-refractivity contribution is -0.135. The number of carbonyl (C=O) groups is 2. The van der Waals surface area contributed by atoms with Gasteiger partial charge in [0.25, 0.3) is 0 Å². The van der Waals surface area contributed by atoms with E-state index in [1.54, 1.807) is 4.90 Å². The maximum atomic E-state index is 12.9. The smallest absolute Gasteiger partial charge is 0.225 e. The lowest BCUT2D eigenvalue weighted by Gasteiger charge is -2.26. The largest absolute Gasteiger partial charge is 0.373 e. The average Bonchev–Trinajstić information content (AvgIpc) is 3.19. The van der Waals surface area contributed by atoms with E-state index in [0.29, 0.717) is 31.9 Å². The Balaban J connectivity index is 1.46. The van der Waals surface area contributed by atoms with Gasteiger partial charge in [-0.1, -0.05) is 49.6 Å². The fourth-order valence-corrected chi connectivity index (χ4v) is 4.80. The Hall–Kier alpha value is -2.96. The van der Waals surface area contributed by atoms with Gasteiger partial charge in [0.05, 0.1) is 12.2 Å². The van der Waals surface area contributed by atoms with E-state index in [1.807, 2.05) is 55.4 Å². The second kappa shape index (κ2) is 10.1. The molecule has 1 aromatic heterocycles. The summed E-state index contributed by atoms with van der Waals surface area (Å²) in [7, 11) is 3.67. The molecule has 1 aliphatic heterocycles. The van der Waals surface area contributed by atoms with Crippen LogP contribution in [0.5, 0.6) is 0 Å². The van der Waals surface area contributed by atoms with Crippen molar-refractivity contribution < 1.29 is 9.59 Å². The number of nitrogens with one attached hydrogen (secondary N) is 1. The second-order valence-electron chi connectivity index (χ2n) is 9.03. The van der Waals surface area contributed by atoms with Crippen LogP contribution in [-0.4, -0.2) is 52.2 Å². The molecule has 170 valence electrons. The molecule has 1 saturated carbocycles. The highest BCUT2D eigenvalue weighted by Gasteiger charge is 2.32. The minimum absolute atomic E-state index is 0.0272. The first-order chi connectivity index (χ1) is 15.5. The molecule has 4 rings (SSSR count). The molecule has 1 atom stereocenters. The van der Waals surface area contributed by atoms with Crippen molar-refractivity contribution in [1.29, 1.82) is 0 Å². The number of rotatable bonds is 7. The first kappa shape index (κ1) is 22.2. The second-order valence-corrected chi connectivity index (χ2v) is 9.03. The van der Waals surface area contributed by atoms with E-state index in [9.17, 15) is 9.59 Å². The molecule has 1 N–H and O–H groups in total. The predicted molar refractivity (Wildman–Crippen MR) is 124 cm³/mol. The van der Waals surface area contributed by atoms with E-state index in [2.05, 4.69) is 10.3 Å². The van der Waals surface area contributed by atoms with Crippen molar-refractivity contribution in [2.45, 2.75) is 57.5 Å². The minimum Gasteiger partial charge on any atom is -0.373 e. The first-order valence-corrected chi connectivity index (χ1v) is 11.7. The number of hydrogen-bond donors (Lipinski definition) is 1. The van der Waals surface area contributed by atoms with Crippen molar-refractivity contribution in [2.24, 2.45) is 5.92 Å².